The molecule has 1 aliphatic rings. The summed E-state index contributed by atoms with van der Waals surface area (Å²) >= 11 is 0. The summed E-state index contributed by atoms with van der Waals surface area (Å²) in [5.41, 5.74) is -4.32. The highest BCUT2D eigenvalue weighted by molar-refractivity contribution is 6.01. The number of para-hydroxylation sites is 1. The second-order valence-corrected chi connectivity index (χ2v) is 5.68. The largest absolute Gasteiger partial charge is 0.507 e. The van der Waals surface area contributed by atoms with Crippen molar-refractivity contribution in [3.05, 3.63) is 65.5 Å². The van der Waals surface area contributed by atoms with Gasteiger partial charge in [0.25, 0.3) is 5.91 Å². The van der Waals surface area contributed by atoms with E-state index in [0.29, 0.717) is 0 Å². The number of phenols is 1. The van der Waals surface area contributed by atoms with Crippen LogP contribution in [0.1, 0.15) is 22.3 Å². The summed E-state index contributed by atoms with van der Waals surface area (Å²) in [6.07, 6.45) is -5.90. The maximum absolute atomic E-state index is 13.1. The fraction of sp³-hybridized carbons (Fsp3) is 0.176. The smallest absolute Gasteiger partial charge is 0.431 e. The zero-order chi connectivity index (χ0) is 19.1. The van der Waals surface area contributed by atoms with E-state index >= 15 is 0 Å². The summed E-state index contributed by atoms with van der Waals surface area (Å²) < 4.78 is 52.5. The summed E-state index contributed by atoms with van der Waals surface area (Å²) in [5.74, 6) is -2.27. The van der Waals surface area contributed by atoms with E-state index in [1.165, 1.54) is 24.3 Å². The molecule has 1 atom stereocenters. The van der Waals surface area contributed by atoms with Gasteiger partial charge < -0.3 is 10.2 Å². The Hall–Kier alpha value is -2.94. The van der Waals surface area contributed by atoms with Gasteiger partial charge >= 0.3 is 6.18 Å². The van der Waals surface area contributed by atoms with Gasteiger partial charge in [0.2, 0.25) is 0 Å². The maximum atomic E-state index is 13.1. The van der Waals surface area contributed by atoms with E-state index in [2.05, 4.69) is 5.10 Å². The maximum Gasteiger partial charge on any atom is 0.431 e. The van der Waals surface area contributed by atoms with Crippen molar-refractivity contribution in [3.63, 3.8) is 0 Å². The number of hydrogen-bond acceptors (Lipinski definition) is 4. The molecule has 1 aliphatic heterocycles. The lowest BCUT2D eigenvalue weighted by Gasteiger charge is -2.31. The molecule has 9 heteroatoms. The number of rotatable bonds is 2. The van der Waals surface area contributed by atoms with Gasteiger partial charge in [-0.3, -0.25) is 4.79 Å². The molecule has 2 aromatic carbocycles. The molecule has 0 saturated heterocycles. The number of nitrogens with zero attached hydrogens (tertiary/aromatic N) is 2. The monoisotopic (exact) mass is 368 g/mol. The number of aromatic hydroxyl groups is 1. The van der Waals surface area contributed by atoms with Crippen molar-refractivity contribution in [3.8, 4) is 5.75 Å². The van der Waals surface area contributed by atoms with Gasteiger partial charge in [-0.1, -0.05) is 24.3 Å². The number of benzene rings is 2. The topological polar surface area (TPSA) is 73.1 Å². The Labute approximate surface area is 144 Å². The minimum atomic E-state index is -4.87. The van der Waals surface area contributed by atoms with Crippen LogP contribution in [0.2, 0.25) is 0 Å². The van der Waals surface area contributed by atoms with E-state index in [1.807, 2.05) is 0 Å². The fourth-order valence-electron chi connectivity index (χ4n) is 2.63. The number of alkyl halides is 3. The van der Waals surface area contributed by atoms with Gasteiger partial charge in [0.1, 0.15) is 17.3 Å². The number of hydrazone groups is 1. The molecule has 0 aliphatic carbocycles. The van der Waals surface area contributed by atoms with E-state index in [4.69, 9.17) is 0 Å². The highest BCUT2D eigenvalue weighted by atomic mass is 19.4. The average molecular weight is 368 g/mol. The third-order valence-corrected chi connectivity index (χ3v) is 3.95. The van der Waals surface area contributed by atoms with Crippen molar-refractivity contribution in [1.29, 1.82) is 0 Å². The predicted molar refractivity (Wildman–Crippen MR) is 82.7 cm³/mol. The molecule has 3 rings (SSSR count). The lowest BCUT2D eigenvalue weighted by atomic mass is 9.96. The Morgan fingerprint density at radius 2 is 1.73 bits per heavy atom. The molecule has 1 heterocycles. The fourth-order valence-corrected chi connectivity index (χ4v) is 2.63. The lowest BCUT2D eigenvalue weighted by molar-refractivity contribution is -0.0816. The molecule has 0 aromatic heterocycles. The molecule has 0 spiro atoms. The minimum absolute atomic E-state index is 0.148. The molecule has 1 unspecified atom stereocenters. The standard InChI is InChI=1S/C17H12F4N2O3/c18-11-7-5-10(6-8-11)16(26)9-14(17(19,20)21)22-23(16)15(25)12-3-1-2-4-13(12)24/h1-8,24,26H,9H2. The highest BCUT2D eigenvalue weighted by Gasteiger charge is 2.53. The van der Waals surface area contributed by atoms with Crippen LogP contribution in [-0.2, 0) is 5.72 Å². The third-order valence-electron chi connectivity index (χ3n) is 3.95. The number of carbonyl (C=O) groups excluding carboxylic acids is 1. The second-order valence-electron chi connectivity index (χ2n) is 5.68. The molecule has 1 amide bonds. The van der Waals surface area contributed by atoms with E-state index < -0.39 is 41.5 Å². The van der Waals surface area contributed by atoms with Crippen molar-refractivity contribution < 1.29 is 32.6 Å². The molecule has 0 fully saturated rings. The van der Waals surface area contributed by atoms with Crippen LogP contribution in [0.15, 0.2) is 53.6 Å². The zero-order valence-electron chi connectivity index (χ0n) is 13.0. The Morgan fingerprint density at radius 1 is 1.12 bits per heavy atom. The van der Waals surface area contributed by atoms with E-state index in [9.17, 15) is 32.6 Å². The van der Waals surface area contributed by atoms with Crippen LogP contribution < -0.4 is 0 Å². The van der Waals surface area contributed by atoms with Crippen molar-refractivity contribution in [2.75, 3.05) is 0 Å². The van der Waals surface area contributed by atoms with Crippen molar-refractivity contribution >= 4 is 11.6 Å². The Morgan fingerprint density at radius 3 is 2.31 bits per heavy atom. The van der Waals surface area contributed by atoms with Crippen molar-refractivity contribution in [1.82, 2.24) is 5.01 Å². The number of hydrogen-bond donors (Lipinski definition) is 2. The Balaban J connectivity index is 2.10. The van der Waals surface area contributed by atoms with Gasteiger partial charge in [0.05, 0.1) is 12.0 Å². The second kappa shape index (κ2) is 6.10. The molecule has 26 heavy (non-hydrogen) atoms. The average Bonchev–Trinajstić information content (AvgIpc) is 2.94. The normalized spacial score (nSPS) is 20.2. The van der Waals surface area contributed by atoms with Gasteiger partial charge in [-0.2, -0.15) is 23.3 Å². The molecule has 5 nitrogen and oxygen atoms in total. The zero-order valence-corrected chi connectivity index (χ0v) is 13.0. The summed E-state index contributed by atoms with van der Waals surface area (Å²) in [5, 5.41) is 24.2. The molecule has 2 N–H and O–H groups in total. The molecule has 0 bridgehead atoms. The summed E-state index contributed by atoms with van der Waals surface area (Å²) in [7, 11) is 0. The number of carbonyl (C=O) groups is 1. The Kier molecular flexibility index (Phi) is 4.19. The van der Waals surface area contributed by atoms with Crippen LogP contribution in [-0.4, -0.2) is 33.0 Å². The first-order chi connectivity index (χ1) is 12.1. The first-order valence-corrected chi connectivity index (χ1v) is 7.38. The number of phenolic OH excluding ortho intramolecular Hbond substituents is 1. The van der Waals surface area contributed by atoms with Crippen LogP contribution in [0.4, 0.5) is 17.6 Å². The summed E-state index contributed by atoms with van der Waals surface area (Å²) in [6, 6.07) is 9.20. The van der Waals surface area contributed by atoms with Crippen molar-refractivity contribution in [2.24, 2.45) is 5.10 Å². The number of aliphatic hydroxyl groups is 1. The van der Waals surface area contributed by atoms with Crippen LogP contribution in [0.5, 0.6) is 5.75 Å². The van der Waals surface area contributed by atoms with Gasteiger partial charge in [0, 0.05) is 5.56 Å². The first-order valence-electron chi connectivity index (χ1n) is 7.38. The van der Waals surface area contributed by atoms with Gasteiger partial charge in [-0.15, -0.1) is 0 Å². The van der Waals surface area contributed by atoms with Crippen LogP contribution >= 0.6 is 0 Å². The van der Waals surface area contributed by atoms with Crippen LogP contribution in [0, 0.1) is 5.82 Å². The molecule has 0 radical (unpaired) electrons. The van der Waals surface area contributed by atoms with Crippen LogP contribution in [0.25, 0.3) is 0 Å². The van der Waals surface area contributed by atoms with E-state index in [1.54, 1.807) is 0 Å². The van der Waals surface area contributed by atoms with E-state index in [-0.39, 0.29) is 16.1 Å². The predicted octanol–water partition coefficient (Wildman–Crippen LogP) is 3.14. The quantitative estimate of drug-likeness (QED) is 0.800. The van der Waals surface area contributed by atoms with Gasteiger partial charge in [-0.05, 0) is 24.3 Å². The molecular weight excluding hydrogens is 356 g/mol. The first kappa shape index (κ1) is 17.9. The molecule has 0 saturated carbocycles. The summed E-state index contributed by atoms with van der Waals surface area (Å²) in [6.45, 7) is 0. The van der Waals surface area contributed by atoms with Gasteiger partial charge in [0.15, 0.2) is 5.72 Å². The van der Waals surface area contributed by atoms with E-state index in [0.717, 1.165) is 24.3 Å². The van der Waals surface area contributed by atoms with Gasteiger partial charge in [-0.25, -0.2) is 4.39 Å². The molecule has 136 valence electrons. The molecule has 2 aromatic rings. The SMILES string of the molecule is O=C(c1ccccc1O)N1N=C(C(F)(F)F)CC1(O)c1ccc(F)cc1. The number of amides is 1. The summed E-state index contributed by atoms with van der Waals surface area (Å²) in [4.78, 5) is 12.7. The highest BCUT2D eigenvalue weighted by Crippen LogP contribution is 2.41. The van der Waals surface area contributed by atoms with Crippen molar-refractivity contribution in [2.45, 2.75) is 18.3 Å². The lowest BCUT2D eigenvalue weighted by Crippen LogP contribution is -2.43. The van der Waals surface area contributed by atoms with Crippen LogP contribution in [0.3, 0.4) is 0 Å². The number of halogens is 4. The third kappa shape index (κ3) is 3.01. The Bertz CT molecular complexity index is 880. The minimum Gasteiger partial charge on any atom is -0.507 e. The molecular formula is C17H12F4N2O3.